The fourth-order valence-electron chi connectivity index (χ4n) is 1.64. The van der Waals surface area contributed by atoms with Crippen LogP contribution in [0.5, 0.6) is 0 Å². The van der Waals surface area contributed by atoms with Gasteiger partial charge in [-0.15, -0.1) is 0 Å². The van der Waals surface area contributed by atoms with E-state index in [-0.39, 0.29) is 5.56 Å². The van der Waals surface area contributed by atoms with E-state index in [4.69, 9.17) is 11.6 Å². The summed E-state index contributed by atoms with van der Waals surface area (Å²) in [5.74, 6) is 0.370. The second kappa shape index (κ2) is 3.71. The largest absolute Gasteiger partial charge is 0.290 e. The molecule has 0 radical (unpaired) electrons. The maximum Gasteiger partial charge on any atom is 0.261 e. The van der Waals surface area contributed by atoms with Gasteiger partial charge in [-0.3, -0.25) is 9.78 Å². The second-order valence-corrected chi connectivity index (χ2v) is 3.88. The third kappa shape index (κ3) is 1.60. The van der Waals surface area contributed by atoms with Crippen molar-refractivity contribution in [3.8, 4) is 5.95 Å². The van der Waals surface area contributed by atoms with Crippen LogP contribution < -0.4 is 5.56 Å². The quantitative estimate of drug-likeness (QED) is 0.712. The zero-order chi connectivity index (χ0) is 11.8. The number of halogens is 1. The summed E-state index contributed by atoms with van der Waals surface area (Å²) in [5, 5.41) is 4.79. The van der Waals surface area contributed by atoms with Crippen molar-refractivity contribution in [2.24, 2.45) is 0 Å². The van der Waals surface area contributed by atoms with Crippen molar-refractivity contribution in [2.45, 2.75) is 0 Å². The van der Waals surface area contributed by atoms with Crippen molar-refractivity contribution in [2.75, 3.05) is 0 Å². The van der Waals surface area contributed by atoms with Gasteiger partial charge in [0.15, 0.2) is 0 Å². The Morgan fingerprint density at radius 1 is 1.29 bits per heavy atom. The van der Waals surface area contributed by atoms with Crippen LogP contribution in [-0.4, -0.2) is 19.7 Å². The monoisotopic (exact) mass is 246 g/mol. The highest BCUT2D eigenvalue weighted by atomic mass is 35.5. The number of hydrogen-bond donors (Lipinski definition) is 1. The van der Waals surface area contributed by atoms with E-state index < -0.39 is 0 Å². The van der Waals surface area contributed by atoms with Crippen LogP contribution in [0.25, 0.3) is 16.9 Å². The summed E-state index contributed by atoms with van der Waals surface area (Å²) in [6.07, 6.45) is 3.32. The molecule has 3 aromatic rings. The number of aromatic nitrogens is 4. The molecule has 0 spiro atoms. The number of nitrogens with one attached hydrogen (secondary N) is 1. The first-order chi connectivity index (χ1) is 8.25. The summed E-state index contributed by atoms with van der Waals surface area (Å²) in [5.41, 5.74) is 0.276. The lowest BCUT2D eigenvalue weighted by molar-refractivity contribution is 0.810. The molecule has 3 rings (SSSR count). The first-order valence-electron chi connectivity index (χ1n) is 4.94. The van der Waals surface area contributed by atoms with Crippen LogP contribution in [0.1, 0.15) is 0 Å². The van der Waals surface area contributed by atoms with Crippen LogP contribution in [0.3, 0.4) is 0 Å². The van der Waals surface area contributed by atoms with Crippen molar-refractivity contribution >= 4 is 22.5 Å². The predicted octanol–water partition coefficient (Wildman–Crippen LogP) is 1.76. The molecule has 0 saturated carbocycles. The molecule has 2 heterocycles. The van der Waals surface area contributed by atoms with Gasteiger partial charge < -0.3 is 0 Å². The van der Waals surface area contributed by atoms with E-state index in [0.717, 1.165) is 0 Å². The Morgan fingerprint density at radius 3 is 2.94 bits per heavy atom. The van der Waals surface area contributed by atoms with Gasteiger partial charge >= 0.3 is 0 Å². The average molecular weight is 247 g/mol. The Bertz CT molecular complexity index is 733. The lowest BCUT2D eigenvalue weighted by Crippen LogP contribution is -2.14. The Balaban J connectivity index is 2.36. The third-order valence-electron chi connectivity index (χ3n) is 2.39. The molecule has 2 aromatic heterocycles. The lowest BCUT2D eigenvalue weighted by Gasteiger charge is -2.03. The van der Waals surface area contributed by atoms with Crippen molar-refractivity contribution in [3.05, 3.63) is 52.0 Å². The molecule has 0 aliphatic rings. The molecule has 17 heavy (non-hydrogen) atoms. The molecule has 0 atom stereocenters. The van der Waals surface area contributed by atoms with Gasteiger partial charge in [-0.25, -0.2) is 9.67 Å². The number of aromatic amines is 1. The first kappa shape index (κ1) is 10.0. The molecule has 1 N–H and O–H groups in total. The number of benzene rings is 1. The van der Waals surface area contributed by atoms with E-state index in [1.54, 1.807) is 36.7 Å². The van der Waals surface area contributed by atoms with Crippen molar-refractivity contribution < 1.29 is 0 Å². The molecule has 1 aromatic carbocycles. The van der Waals surface area contributed by atoms with Crippen molar-refractivity contribution in [1.29, 1.82) is 0 Å². The Hall–Kier alpha value is -2.14. The van der Waals surface area contributed by atoms with Gasteiger partial charge in [0, 0.05) is 12.4 Å². The SMILES string of the molecule is O=c1[nH]c(-n2cccn2)nc2cccc(Cl)c12. The summed E-state index contributed by atoms with van der Waals surface area (Å²) in [4.78, 5) is 18.8. The topological polar surface area (TPSA) is 63.6 Å². The second-order valence-electron chi connectivity index (χ2n) is 3.47. The van der Waals surface area contributed by atoms with Gasteiger partial charge in [0.2, 0.25) is 5.95 Å². The first-order valence-corrected chi connectivity index (χ1v) is 5.32. The minimum absolute atomic E-state index is 0.272. The Kier molecular flexibility index (Phi) is 2.19. The van der Waals surface area contributed by atoms with Gasteiger partial charge in [0.05, 0.1) is 15.9 Å². The van der Waals surface area contributed by atoms with E-state index in [9.17, 15) is 4.79 Å². The molecule has 0 amide bonds. The number of hydrogen-bond acceptors (Lipinski definition) is 3. The zero-order valence-corrected chi connectivity index (χ0v) is 9.35. The van der Waals surface area contributed by atoms with Gasteiger partial charge in [0.25, 0.3) is 5.56 Å². The van der Waals surface area contributed by atoms with Crippen LogP contribution in [-0.2, 0) is 0 Å². The summed E-state index contributed by atoms with van der Waals surface area (Å²) >= 11 is 5.96. The van der Waals surface area contributed by atoms with Crippen molar-refractivity contribution in [1.82, 2.24) is 19.7 Å². The van der Waals surface area contributed by atoms with E-state index >= 15 is 0 Å². The molecule has 0 aliphatic carbocycles. The van der Waals surface area contributed by atoms with Gasteiger partial charge in [-0.05, 0) is 18.2 Å². The smallest absolute Gasteiger partial charge is 0.261 e. The fourth-order valence-corrected chi connectivity index (χ4v) is 1.89. The predicted molar refractivity (Wildman–Crippen MR) is 64.5 cm³/mol. The van der Waals surface area contributed by atoms with Gasteiger partial charge in [0.1, 0.15) is 0 Å². The van der Waals surface area contributed by atoms with E-state index in [1.807, 2.05) is 0 Å². The highest BCUT2D eigenvalue weighted by Crippen LogP contribution is 2.18. The highest BCUT2D eigenvalue weighted by molar-refractivity contribution is 6.35. The van der Waals surface area contributed by atoms with Gasteiger partial charge in [-0.2, -0.15) is 5.10 Å². The minimum atomic E-state index is -0.272. The van der Waals surface area contributed by atoms with Crippen LogP contribution in [0.15, 0.2) is 41.5 Å². The summed E-state index contributed by atoms with van der Waals surface area (Å²) in [6.45, 7) is 0. The molecular weight excluding hydrogens is 240 g/mol. The molecule has 0 fully saturated rings. The molecule has 6 heteroatoms. The maximum atomic E-state index is 11.9. The average Bonchev–Trinajstić information content (AvgIpc) is 2.81. The molecule has 84 valence electrons. The van der Waals surface area contributed by atoms with Crippen LogP contribution in [0, 0.1) is 0 Å². The van der Waals surface area contributed by atoms with Crippen LogP contribution in [0.2, 0.25) is 5.02 Å². The lowest BCUT2D eigenvalue weighted by atomic mass is 10.2. The Labute approximate surface area is 101 Å². The number of H-pyrrole nitrogens is 1. The molecule has 0 saturated heterocycles. The summed E-state index contributed by atoms with van der Waals surface area (Å²) in [6, 6.07) is 6.91. The standard InChI is InChI=1S/C11H7ClN4O/c12-7-3-1-4-8-9(7)10(17)15-11(14-8)16-6-2-5-13-16/h1-6H,(H,14,15,17). The minimum Gasteiger partial charge on any atom is -0.290 e. The van der Waals surface area contributed by atoms with Gasteiger partial charge in [-0.1, -0.05) is 17.7 Å². The third-order valence-corrected chi connectivity index (χ3v) is 2.71. The molecule has 0 aliphatic heterocycles. The molecular formula is C11H7ClN4O. The molecule has 5 nitrogen and oxygen atoms in total. The maximum absolute atomic E-state index is 11.9. The Morgan fingerprint density at radius 2 is 2.18 bits per heavy atom. The summed E-state index contributed by atoms with van der Waals surface area (Å²) in [7, 11) is 0. The van der Waals surface area contributed by atoms with E-state index in [0.29, 0.717) is 21.9 Å². The zero-order valence-electron chi connectivity index (χ0n) is 8.59. The van der Waals surface area contributed by atoms with Crippen molar-refractivity contribution in [3.63, 3.8) is 0 Å². The summed E-state index contributed by atoms with van der Waals surface area (Å²) < 4.78 is 1.49. The number of fused-ring (bicyclic) bond motifs is 1. The number of nitrogens with zero attached hydrogens (tertiary/aromatic N) is 3. The van der Waals surface area contributed by atoms with E-state index in [2.05, 4.69) is 15.1 Å². The molecule has 0 bridgehead atoms. The number of rotatable bonds is 1. The van der Waals surface area contributed by atoms with E-state index in [1.165, 1.54) is 4.68 Å². The normalized spacial score (nSPS) is 10.9. The highest BCUT2D eigenvalue weighted by Gasteiger charge is 2.07. The van der Waals surface area contributed by atoms with Crippen LogP contribution >= 0.6 is 11.6 Å². The molecule has 0 unspecified atom stereocenters. The fraction of sp³-hybridized carbons (Fsp3) is 0. The van der Waals surface area contributed by atoms with Crippen LogP contribution in [0.4, 0.5) is 0 Å².